The number of aryl methyl sites for hydroxylation is 2. The van der Waals surface area contributed by atoms with E-state index in [9.17, 15) is 0 Å². The van der Waals surface area contributed by atoms with Gasteiger partial charge in [0, 0.05) is 16.6 Å². The minimum atomic E-state index is 0.185. The minimum Gasteiger partial charge on any atom is -0.358 e. The van der Waals surface area contributed by atoms with Crippen LogP contribution in [0.3, 0.4) is 0 Å². The molecule has 0 amide bonds. The summed E-state index contributed by atoms with van der Waals surface area (Å²) in [5, 5.41) is 1.44. The number of fused-ring (bicyclic) bond motifs is 3. The Hall–Kier alpha value is -1.28. The predicted octanol–water partition coefficient (Wildman–Crippen LogP) is 3.57. The van der Waals surface area contributed by atoms with Gasteiger partial charge in [0.2, 0.25) is 0 Å². The van der Waals surface area contributed by atoms with Crippen molar-refractivity contribution in [2.45, 2.75) is 46.0 Å². The van der Waals surface area contributed by atoms with Gasteiger partial charge < -0.3 is 10.7 Å². The number of hydrogen-bond acceptors (Lipinski definition) is 1. The summed E-state index contributed by atoms with van der Waals surface area (Å²) in [5.41, 5.74) is 11.8. The largest absolute Gasteiger partial charge is 0.358 e. The third-order valence-electron chi connectivity index (χ3n) is 4.40. The quantitative estimate of drug-likeness (QED) is 0.866. The molecule has 0 saturated carbocycles. The minimum absolute atomic E-state index is 0.185. The van der Waals surface area contributed by atoms with Crippen LogP contribution < -0.4 is 5.73 Å². The summed E-state index contributed by atoms with van der Waals surface area (Å²) in [7, 11) is 0. The second-order valence-electron chi connectivity index (χ2n) is 6.71. The van der Waals surface area contributed by atoms with Crippen molar-refractivity contribution >= 4 is 10.9 Å². The number of nitrogens with two attached hydrogens (primary N) is 1. The molecular formula is C17H24N2. The van der Waals surface area contributed by atoms with Crippen molar-refractivity contribution in [2.24, 2.45) is 11.1 Å². The van der Waals surface area contributed by atoms with E-state index in [0.717, 1.165) is 13.0 Å². The van der Waals surface area contributed by atoms with Crippen molar-refractivity contribution in [2.75, 3.05) is 6.54 Å². The molecule has 0 saturated heterocycles. The lowest BCUT2D eigenvalue weighted by molar-refractivity contribution is 0.377. The van der Waals surface area contributed by atoms with Gasteiger partial charge in [-0.25, -0.2) is 0 Å². The molecule has 1 heterocycles. The highest BCUT2D eigenvalue weighted by molar-refractivity contribution is 5.85. The van der Waals surface area contributed by atoms with E-state index in [0.29, 0.717) is 0 Å². The van der Waals surface area contributed by atoms with E-state index in [1.165, 1.54) is 47.8 Å². The van der Waals surface area contributed by atoms with E-state index in [-0.39, 0.29) is 5.41 Å². The van der Waals surface area contributed by atoms with Gasteiger partial charge in [0.15, 0.2) is 0 Å². The van der Waals surface area contributed by atoms with E-state index in [4.69, 9.17) is 5.73 Å². The first-order valence-electron chi connectivity index (χ1n) is 7.41. The Morgan fingerprint density at radius 3 is 2.79 bits per heavy atom. The fraction of sp³-hybridized carbons (Fsp3) is 0.529. The van der Waals surface area contributed by atoms with Gasteiger partial charge in [0.1, 0.15) is 0 Å². The van der Waals surface area contributed by atoms with E-state index < -0.39 is 0 Å². The number of benzene rings is 1. The maximum Gasteiger partial charge on any atom is 0.0459 e. The van der Waals surface area contributed by atoms with Gasteiger partial charge in [-0.1, -0.05) is 19.9 Å². The van der Waals surface area contributed by atoms with Crippen LogP contribution in [0, 0.1) is 5.41 Å². The Kier molecular flexibility index (Phi) is 3.14. The van der Waals surface area contributed by atoms with Crippen molar-refractivity contribution < 1.29 is 0 Å². The fourth-order valence-electron chi connectivity index (χ4n) is 3.19. The Labute approximate surface area is 115 Å². The molecule has 1 aliphatic rings. The predicted molar refractivity (Wildman–Crippen MR) is 81.5 cm³/mol. The van der Waals surface area contributed by atoms with Crippen molar-refractivity contribution in [3.8, 4) is 0 Å². The zero-order valence-electron chi connectivity index (χ0n) is 12.1. The number of aromatic nitrogens is 1. The van der Waals surface area contributed by atoms with Crippen LogP contribution in [0.5, 0.6) is 0 Å². The molecule has 3 N–H and O–H groups in total. The standard InChI is InChI=1S/C17H24N2/c1-17(2,11-18)10-12-7-8-16-14(9-12)13-5-3-4-6-15(13)19-16/h7-9,19H,3-6,10-11,18H2,1-2H3. The van der Waals surface area contributed by atoms with Crippen LogP contribution in [-0.2, 0) is 19.3 Å². The lowest BCUT2D eigenvalue weighted by atomic mass is 9.85. The molecule has 0 unspecified atom stereocenters. The van der Waals surface area contributed by atoms with Crippen LogP contribution >= 0.6 is 0 Å². The summed E-state index contributed by atoms with van der Waals surface area (Å²) < 4.78 is 0. The molecule has 0 bridgehead atoms. The van der Waals surface area contributed by atoms with Crippen LogP contribution in [0.25, 0.3) is 10.9 Å². The number of hydrogen-bond donors (Lipinski definition) is 2. The van der Waals surface area contributed by atoms with E-state index in [1.807, 2.05) is 0 Å². The smallest absolute Gasteiger partial charge is 0.0459 e. The molecule has 2 aromatic rings. The summed E-state index contributed by atoms with van der Waals surface area (Å²) in [6.07, 6.45) is 6.16. The summed E-state index contributed by atoms with van der Waals surface area (Å²) >= 11 is 0. The second-order valence-corrected chi connectivity index (χ2v) is 6.71. The van der Waals surface area contributed by atoms with Crippen LogP contribution in [0.4, 0.5) is 0 Å². The van der Waals surface area contributed by atoms with Gasteiger partial charge >= 0.3 is 0 Å². The van der Waals surface area contributed by atoms with E-state index in [1.54, 1.807) is 5.56 Å². The highest BCUT2D eigenvalue weighted by atomic mass is 14.7. The molecule has 0 aliphatic heterocycles. The summed E-state index contributed by atoms with van der Waals surface area (Å²) in [6.45, 7) is 5.21. The van der Waals surface area contributed by atoms with Crippen molar-refractivity contribution in [3.63, 3.8) is 0 Å². The van der Waals surface area contributed by atoms with Crippen LogP contribution in [-0.4, -0.2) is 11.5 Å². The molecule has 0 fully saturated rings. The van der Waals surface area contributed by atoms with E-state index in [2.05, 4.69) is 37.0 Å². The zero-order valence-corrected chi connectivity index (χ0v) is 12.1. The van der Waals surface area contributed by atoms with Gasteiger partial charge in [0.05, 0.1) is 0 Å². The number of nitrogens with one attached hydrogen (secondary N) is 1. The molecule has 0 atom stereocenters. The Bertz CT molecular complexity index is 593. The van der Waals surface area contributed by atoms with Gasteiger partial charge in [-0.05, 0) is 67.3 Å². The zero-order chi connectivity index (χ0) is 13.5. The lowest BCUT2D eigenvalue weighted by Gasteiger charge is -2.22. The third kappa shape index (κ3) is 2.42. The summed E-state index contributed by atoms with van der Waals surface area (Å²) in [6, 6.07) is 6.88. The molecular weight excluding hydrogens is 232 g/mol. The van der Waals surface area contributed by atoms with Crippen molar-refractivity contribution in [1.29, 1.82) is 0 Å². The summed E-state index contributed by atoms with van der Waals surface area (Å²) in [5.74, 6) is 0. The van der Waals surface area contributed by atoms with Gasteiger partial charge in [-0.15, -0.1) is 0 Å². The number of rotatable bonds is 3. The van der Waals surface area contributed by atoms with E-state index >= 15 is 0 Å². The highest BCUT2D eigenvalue weighted by Crippen LogP contribution is 2.31. The SMILES string of the molecule is CC(C)(CN)Cc1ccc2[nH]c3c(c2c1)CCCC3. The molecule has 19 heavy (non-hydrogen) atoms. The highest BCUT2D eigenvalue weighted by Gasteiger charge is 2.19. The lowest BCUT2D eigenvalue weighted by Crippen LogP contribution is -2.25. The fourth-order valence-corrected chi connectivity index (χ4v) is 3.19. The maximum atomic E-state index is 5.85. The molecule has 1 aromatic carbocycles. The second kappa shape index (κ2) is 4.68. The summed E-state index contributed by atoms with van der Waals surface area (Å²) in [4.78, 5) is 3.60. The topological polar surface area (TPSA) is 41.8 Å². The third-order valence-corrected chi connectivity index (χ3v) is 4.40. The average molecular weight is 256 g/mol. The van der Waals surface area contributed by atoms with Crippen LogP contribution in [0.2, 0.25) is 0 Å². The molecule has 0 spiro atoms. The van der Waals surface area contributed by atoms with Gasteiger partial charge in [-0.2, -0.15) is 0 Å². The monoisotopic (exact) mass is 256 g/mol. The molecule has 1 aromatic heterocycles. The first-order valence-corrected chi connectivity index (χ1v) is 7.41. The molecule has 2 heteroatoms. The van der Waals surface area contributed by atoms with Crippen molar-refractivity contribution in [1.82, 2.24) is 4.98 Å². The number of H-pyrrole nitrogens is 1. The van der Waals surface area contributed by atoms with Gasteiger partial charge in [-0.3, -0.25) is 0 Å². The van der Waals surface area contributed by atoms with Gasteiger partial charge in [0.25, 0.3) is 0 Å². The Morgan fingerprint density at radius 2 is 2.00 bits per heavy atom. The molecule has 0 radical (unpaired) electrons. The van der Waals surface area contributed by atoms with Crippen LogP contribution in [0.1, 0.15) is 43.5 Å². The maximum absolute atomic E-state index is 5.85. The Morgan fingerprint density at radius 1 is 1.21 bits per heavy atom. The molecule has 102 valence electrons. The number of aromatic amines is 1. The Balaban J connectivity index is 2.00. The molecule has 3 rings (SSSR count). The first-order chi connectivity index (χ1) is 9.09. The molecule has 1 aliphatic carbocycles. The molecule has 2 nitrogen and oxygen atoms in total. The first kappa shape index (κ1) is 12.7. The van der Waals surface area contributed by atoms with Crippen molar-refractivity contribution in [3.05, 3.63) is 35.0 Å². The average Bonchev–Trinajstić information content (AvgIpc) is 2.76. The van der Waals surface area contributed by atoms with Crippen LogP contribution in [0.15, 0.2) is 18.2 Å². The normalized spacial score (nSPS) is 15.7.